The van der Waals surface area contributed by atoms with Crippen LogP contribution < -0.4 is 0 Å². The first kappa shape index (κ1) is 11.4. The molecule has 2 rings (SSSR count). The summed E-state index contributed by atoms with van der Waals surface area (Å²) in [5.41, 5.74) is 0. The fourth-order valence-corrected chi connectivity index (χ4v) is 4.10. The normalized spacial score (nSPS) is 28.0. The summed E-state index contributed by atoms with van der Waals surface area (Å²) in [5.74, 6) is 0. The maximum Gasteiger partial charge on any atom is 0.0237 e. The molecule has 88 valence electrons. The van der Waals surface area contributed by atoms with Crippen LogP contribution in [-0.4, -0.2) is 11.3 Å². The van der Waals surface area contributed by atoms with Gasteiger partial charge in [0.15, 0.2) is 0 Å². The Morgan fingerprint density at radius 2 is 1.33 bits per heavy atom. The van der Waals surface area contributed by atoms with Crippen LogP contribution in [0.15, 0.2) is 4.36 Å². The van der Waals surface area contributed by atoms with Crippen LogP contribution in [0.25, 0.3) is 0 Å². The lowest BCUT2D eigenvalue weighted by Crippen LogP contribution is -2.16. The van der Waals surface area contributed by atoms with Crippen molar-refractivity contribution in [2.45, 2.75) is 75.5 Å². The molecule has 2 saturated carbocycles. The summed E-state index contributed by atoms with van der Waals surface area (Å²) < 4.78 is 16.5. The topological polar surface area (TPSA) is 29.4 Å². The summed E-state index contributed by atoms with van der Waals surface area (Å²) >= 11 is 0. The van der Waals surface area contributed by atoms with Crippen LogP contribution in [0.4, 0.5) is 0 Å². The Kier molecular flexibility index (Phi) is 4.48. The van der Waals surface area contributed by atoms with Crippen LogP contribution in [0.3, 0.4) is 0 Å². The molecule has 0 N–H and O–H groups in total. The fraction of sp³-hybridized carbons (Fsp3) is 1.00. The van der Waals surface area contributed by atoms with Gasteiger partial charge in [-0.1, -0.05) is 56.6 Å². The summed E-state index contributed by atoms with van der Waals surface area (Å²) in [7, 11) is -0.879. The molecule has 2 fully saturated rings. The van der Waals surface area contributed by atoms with Crippen molar-refractivity contribution in [1.29, 1.82) is 0 Å². The first-order valence-electron chi connectivity index (χ1n) is 6.48. The molecule has 0 atom stereocenters. The summed E-state index contributed by atoms with van der Waals surface area (Å²) in [6.45, 7) is 0. The van der Waals surface area contributed by atoms with Crippen molar-refractivity contribution in [2.24, 2.45) is 4.36 Å². The summed E-state index contributed by atoms with van der Waals surface area (Å²) in [6.07, 6.45) is 12.4. The van der Waals surface area contributed by atoms with E-state index >= 15 is 0 Å². The minimum Gasteiger partial charge on any atom is -0.444 e. The van der Waals surface area contributed by atoms with E-state index in [1.165, 1.54) is 51.4 Å². The standard InChI is InChI=1S/C12H22NOS/c14-15(12-9-5-2-6-10-12)13-11-7-3-1-4-8-11/h11-12H,1-10H2/q-1. The highest BCUT2D eigenvalue weighted by molar-refractivity contribution is 7.75. The minimum atomic E-state index is -0.879. The quantitative estimate of drug-likeness (QED) is 0.661. The van der Waals surface area contributed by atoms with Crippen molar-refractivity contribution in [3.63, 3.8) is 0 Å². The van der Waals surface area contributed by atoms with E-state index in [1.54, 1.807) is 0 Å². The van der Waals surface area contributed by atoms with Gasteiger partial charge in [-0.3, -0.25) is 0 Å². The molecular formula is C12H22NOS-. The largest absolute Gasteiger partial charge is 0.444 e. The number of hydrogen-bond donors (Lipinski definition) is 0. The van der Waals surface area contributed by atoms with Gasteiger partial charge >= 0.3 is 0 Å². The van der Waals surface area contributed by atoms with Gasteiger partial charge in [-0.2, -0.15) is 10.6 Å². The summed E-state index contributed by atoms with van der Waals surface area (Å²) in [5, 5.41) is 0.390. The smallest absolute Gasteiger partial charge is 0.0237 e. The molecule has 0 aromatic heterocycles. The molecule has 0 amide bonds. The van der Waals surface area contributed by atoms with Crippen molar-refractivity contribution in [3.8, 4) is 0 Å². The van der Waals surface area contributed by atoms with Crippen LogP contribution in [-0.2, 0) is 14.8 Å². The van der Waals surface area contributed by atoms with Gasteiger partial charge in [0.25, 0.3) is 0 Å². The number of nitrogens with zero attached hydrogens (tertiary/aromatic N) is 1. The molecule has 0 spiro atoms. The van der Waals surface area contributed by atoms with E-state index in [1.807, 2.05) is 0 Å². The molecule has 0 unspecified atom stereocenters. The lowest BCUT2D eigenvalue weighted by Gasteiger charge is -2.27. The highest BCUT2D eigenvalue weighted by Crippen LogP contribution is 2.24. The van der Waals surface area contributed by atoms with Gasteiger partial charge in [-0.05, 0) is 12.8 Å². The van der Waals surface area contributed by atoms with Gasteiger partial charge in [0, 0.05) is 6.04 Å². The molecule has 15 heavy (non-hydrogen) atoms. The van der Waals surface area contributed by atoms with E-state index < -0.39 is 10.6 Å². The van der Waals surface area contributed by atoms with Crippen molar-refractivity contribution < 1.29 is 4.21 Å². The van der Waals surface area contributed by atoms with Gasteiger partial charge in [0.1, 0.15) is 0 Å². The Morgan fingerprint density at radius 1 is 0.800 bits per heavy atom. The second-order valence-corrected chi connectivity index (χ2v) is 6.36. The van der Waals surface area contributed by atoms with E-state index in [2.05, 4.69) is 4.36 Å². The minimum absolute atomic E-state index is 0.390. The zero-order valence-electron chi connectivity index (χ0n) is 9.49. The lowest BCUT2D eigenvalue weighted by atomic mass is 9.97. The third-order valence-corrected chi connectivity index (χ3v) is 5.21. The summed E-state index contributed by atoms with van der Waals surface area (Å²) in [6, 6.07) is 0.418. The van der Waals surface area contributed by atoms with E-state index in [-0.39, 0.29) is 0 Å². The van der Waals surface area contributed by atoms with E-state index in [0.29, 0.717) is 11.3 Å². The highest BCUT2D eigenvalue weighted by Gasteiger charge is 2.11. The average Bonchev–Trinajstić information content (AvgIpc) is 2.31. The lowest BCUT2D eigenvalue weighted by molar-refractivity contribution is 0.442. The average molecular weight is 228 g/mol. The zero-order chi connectivity index (χ0) is 10.5. The van der Waals surface area contributed by atoms with Crippen LogP contribution in [0.1, 0.15) is 64.2 Å². The predicted molar refractivity (Wildman–Crippen MR) is 64.2 cm³/mol. The Labute approximate surface area is 95.1 Å². The molecular weight excluding hydrogens is 206 g/mol. The van der Waals surface area contributed by atoms with E-state index in [0.717, 1.165) is 12.8 Å². The Bertz CT molecular complexity index is 259. The van der Waals surface area contributed by atoms with E-state index in [4.69, 9.17) is 0 Å². The molecule has 0 saturated heterocycles. The van der Waals surface area contributed by atoms with Crippen molar-refractivity contribution in [2.75, 3.05) is 0 Å². The second-order valence-electron chi connectivity index (χ2n) is 4.93. The van der Waals surface area contributed by atoms with Gasteiger partial charge in [-0.25, -0.2) is 0 Å². The fourth-order valence-electron chi connectivity index (χ4n) is 2.69. The first-order valence-corrected chi connectivity index (χ1v) is 7.65. The van der Waals surface area contributed by atoms with E-state index in [9.17, 15) is 4.21 Å². The van der Waals surface area contributed by atoms with Crippen molar-refractivity contribution in [1.82, 2.24) is 0 Å². The van der Waals surface area contributed by atoms with Crippen LogP contribution in [0.5, 0.6) is 0 Å². The highest BCUT2D eigenvalue weighted by atomic mass is 32.2. The van der Waals surface area contributed by atoms with Crippen molar-refractivity contribution >= 4 is 10.6 Å². The molecule has 0 aromatic carbocycles. The Balaban J connectivity index is 1.89. The molecule has 0 aliphatic heterocycles. The Hall–Kier alpha value is -0.0500. The molecule has 0 aromatic rings. The van der Waals surface area contributed by atoms with Gasteiger partial charge in [-0.15, -0.1) is 0 Å². The van der Waals surface area contributed by atoms with Crippen LogP contribution in [0, 0.1) is 0 Å². The molecule has 2 aliphatic rings. The molecule has 2 aliphatic carbocycles. The SMILES string of the molecule is O=[S-](=NC1CCCCC1)C1CCCCC1. The Morgan fingerprint density at radius 3 is 1.93 bits per heavy atom. The van der Waals surface area contributed by atoms with Gasteiger partial charge in [0.05, 0.1) is 0 Å². The van der Waals surface area contributed by atoms with Crippen molar-refractivity contribution in [3.05, 3.63) is 0 Å². The third-order valence-electron chi connectivity index (χ3n) is 3.67. The predicted octanol–water partition coefficient (Wildman–Crippen LogP) is 3.80. The number of rotatable bonds is 2. The maximum atomic E-state index is 12.0. The summed E-state index contributed by atoms with van der Waals surface area (Å²) in [4.78, 5) is 0. The van der Waals surface area contributed by atoms with Gasteiger partial charge < -0.3 is 8.57 Å². The van der Waals surface area contributed by atoms with Crippen LogP contribution >= 0.6 is 0 Å². The zero-order valence-corrected chi connectivity index (χ0v) is 10.3. The molecule has 3 heteroatoms. The maximum absolute atomic E-state index is 12.0. The molecule has 0 bridgehead atoms. The number of hydrogen-bond acceptors (Lipinski definition) is 3. The molecule has 0 heterocycles. The third kappa shape index (κ3) is 3.47. The van der Waals surface area contributed by atoms with Crippen LogP contribution in [0.2, 0.25) is 0 Å². The monoisotopic (exact) mass is 228 g/mol. The molecule has 2 nitrogen and oxygen atoms in total. The van der Waals surface area contributed by atoms with Gasteiger partial charge in [0.2, 0.25) is 0 Å². The second kappa shape index (κ2) is 5.88. The molecule has 0 radical (unpaired) electrons. The first-order chi connectivity index (χ1) is 7.36.